The first-order valence-electron chi connectivity index (χ1n) is 5.31. The molecule has 0 aliphatic heterocycles. The van der Waals surface area contributed by atoms with E-state index in [9.17, 15) is 17.2 Å². The molecule has 1 aromatic carbocycles. The quantitative estimate of drug-likeness (QED) is 0.835. The van der Waals surface area contributed by atoms with Gasteiger partial charge in [0.15, 0.2) is 0 Å². The van der Waals surface area contributed by atoms with Crippen LogP contribution in [0.25, 0.3) is 0 Å². The van der Waals surface area contributed by atoms with Gasteiger partial charge < -0.3 is 0 Å². The predicted molar refractivity (Wildman–Crippen MR) is 64.2 cm³/mol. The molecular weight excluding hydrogens is 260 g/mol. The lowest BCUT2D eigenvalue weighted by molar-refractivity contribution is 0.525. The number of rotatable bonds is 5. The highest BCUT2D eigenvalue weighted by Crippen LogP contribution is 2.16. The monoisotopic (exact) mass is 273 g/mol. The third-order valence-electron chi connectivity index (χ3n) is 2.36. The summed E-state index contributed by atoms with van der Waals surface area (Å²) in [6.45, 7) is 1.74. The number of hydrogen-bond donors (Lipinski definition) is 1. The van der Waals surface area contributed by atoms with Gasteiger partial charge in [0.1, 0.15) is 16.5 Å². The Morgan fingerprint density at radius 2 is 2.11 bits per heavy atom. The van der Waals surface area contributed by atoms with Crippen LogP contribution in [-0.4, -0.2) is 14.5 Å². The van der Waals surface area contributed by atoms with E-state index in [2.05, 4.69) is 10.6 Å². The maximum atomic E-state index is 13.4. The van der Waals surface area contributed by atoms with Crippen molar-refractivity contribution >= 4 is 10.0 Å². The third-order valence-corrected chi connectivity index (χ3v) is 3.90. The van der Waals surface area contributed by atoms with Crippen molar-refractivity contribution in [3.8, 4) is 12.3 Å². The normalized spacial score (nSPS) is 13.0. The average molecular weight is 273 g/mol. The molecule has 0 heterocycles. The lowest BCUT2D eigenvalue weighted by Gasteiger charge is -2.14. The van der Waals surface area contributed by atoms with Crippen LogP contribution in [0.3, 0.4) is 0 Å². The minimum atomic E-state index is -4.11. The Kier molecular flexibility index (Phi) is 4.82. The number of terminal acetylenes is 1. The molecule has 1 N–H and O–H groups in total. The van der Waals surface area contributed by atoms with E-state index in [4.69, 9.17) is 6.42 Å². The van der Waals surface area contributed by atoms with E-state index in [1.165, 1.54) is 0 Å². The summed E-state index contributed by atoms with van der Waals surface area (Å²) in [4.78, 5) is -0.710. The summed E-state index contributed by atoms with van der Waals surface area (Å²) < 4.78 is 52.3. The zero-order valence-corrected chi connectivity index (χ0v) is 10.6. The summed E-state index contributed by atoms with van der Waals surface area (Å²) in [5.41, 5.74) is 0. The van der Waals surface area contributed by atoms with E-state index in [0.29, 0.717) is 12.5 Å². The zero-order valence-electron chi connectivity index (χ0n) is 9.78. The molecule has 0 aliphatic rings. The maximum Gasteiger partial charge on any atom is 0.243 e. The Balaban J connectivity index is 3.06. The number of benzene rings is 1. The molecule has 0 bridgehead atoms. The van der Waals surface area contributed by atoms with E-state index in [1.807, 2.05) is 0 Å². The summed E-state index contributed by atoms with van der Waals surface area (Å²) in [5, 5.41) is 0. The second-order valence-electron chi connectivity index (χ2n) is 3.71. The molecule has 0 amide bonds. The first kappa shape index (κ1) is 14.6. The van der Waals surface area contributed by atoms with Gasteiger partial charge in [0.2, 0.25) is 10.0 Å². The minimum absolute atomic E-state index is 0.187. The molecule has 18 heavy (non-hydrogen) atoms. The van der Waals surface area contributed by atoms with Crippen LogP contribution in [0.2, 0.25) is 0 Å². The number of sulfonamides is 1. The Morgan fingerprint density at radius 3 is 2.67 bits per heavy atom. The second kappa shape index (κ2) is 5.94. The van der Waals surface area contributed by atoms with Gasteiger partial charge in [-0.1, -0.05) is 6.92 Å². The van der Waals surface area contributed by atoms with Crippen molar-refractivity contribution in [3.63, 3.8) is 0 Å². The van der Waals surface area contributed by atoms with E-state index >= 15 is 0 Å². The molecule has 1 atom stereocenters. The third kappa shape index (κ3) is 3.52. The molecule has 0 aliphatic carbocycles. The number of hydrogen-bond acceptors (Lipinski definition) is 2. The fourth-order valence-corrected chi connectivity index (χ4v) is 2.79. The van der Waals surface area contributed by atoms with Crippen molar-refractivity contribution in [1.29, 1.82) is 0 Å². The van der Waals surface area contributed by atoms with Gasteiger partial charge in [0.25, 0.3) is 0 Å². The largest absolute Gasteiger partial charge is 0.243 e. The molecule has 6 heteroatoms. The standard InChI is InChI=1S/C12H13F2NO2S/c1-3-5-10(4-2)15-18(16,17)12-8-9(13)6-7-11(12)14/h1,6-8,10,15H,4-5H2,2H3. The number of nitrogens with one attached hydrogen (secondary N) is 1. The van der Waals surface area contributed by atoms with Gasteiger partial charge in [-0.3, -0.25) is 0 Å². The minimum Gasteiger partial charge on any atom is -0.207 e. The van der Waals surface area contributed by atoms with Crippen molar-refractivity contribution < 1.29 is 17.2 Å². The molecular formula is C12H13F2NO2S. The highest BCUT2D eigenvalue weighted by Gasteiger charge is 2.22. The topological polar surface area (TPSA) is 46.2 Å². The highest BCUT2D eigenvalue weighted by atomic mass is 32.2. The van der Waals surface area contributed by atoms with Crippen molar-refractivity contribution in [2.45, 2.75) is 30.7 Å². The molecule has 1 unspecified atom stereocenters. The van der Waals surface area contributed by atoms with Crippen LogP contribution in [0.15, 0.2) is 23.1 Å². The second-order valence-corrected chi connectivity index (χ2v) is 5.39. The molecule has 0 saturated heterocycles. The van der Waals surface area contributed by atoms with Crippen LogP contribution in [0.4, 0.5) is 8.78 Å². The van der Waals surface area contributed by atoms with Gasteiger partial charge in [-0.25, -0.2) is 21.9 Å². The van der Waals surface area contributed by atoms with Crippen LogP contribution < -0.4 is 4.72 Å². The Hall–Kier alpha value is -1.45. The van der Waals surface area contributed by atoms with Crippen molar-refractivity contribution in [1.82, 2.24) is 4.72 Å². The van der Waals surface area contributed by atoms with E-state index in [1.54, 1.807) is 6.92 Å². The molecule has 1 rings (SSSR count). The van der Waals surface area contributed by atoms with Crippen LogP contribution in [0.5, 0.6) is 0 Å². The Bertz CT molecular complexity index is 564. The van der Waals surface area contributed by atoms with Crippen LogP contribution in [0.1, 0.15) is 19.8 Å². The Labute approximate surface area is 105 Å². The molecule has 1 aromatic rings. The van der Waals surface area contributed by atoms with Gasteiger partial charge in [-0.2, -0.15) is 0 Å². The fraction of sp³-hybridized carbons (Fsp3) is 0.333. The zero-order chi connectivity index (χ0) is 13.8. The van der Waals surface area contributed by atoms with Crippen LogP contribution in [-0.2, 0) is 10.0 Å². The van der Waals surface area contributed by atoms with E-state index < -0.39 is 32.6 Å². The summed E-state index contributed by atoms with van der Waals surface area (Å²) in [7, 11) is -4.11. The molecule has 0 aromatic heterocycles. The van der Waals surface area contributed by atoms with Gasteiger partial charge in [0.05, 0.1) is 0 Å². The summed E-state index contributed by atoms with van der Waals surface area (Å²) in [5.74, 6) is 0.506. The molecule has 98 valence electrons. The first-order chi connectivity index (χ1) is 8.40. The SMILES string of the molecule is C#CCC(CC)NS(=O)(=O)c1cc(F)ccc1F. The fourth-order valence-electron chi connectivity index (χ4n) is 1.38. The van der Waals surface area contributed by atoms with Gasteiger partial charge >= 0.3 is 0 Å². The molecule has 0 fully saturated rings. The smallest absolute Gasteiger partial charge is 0.207 e. The predicted octanol–water partition coefficient (Wildman–Crippen LogP) is 2.04. The maximum absolute atomic E-state index is 13.4. The van der Waals surface area contributed by atoms with E-state index in [0.717, 1.165) is 12.1 Å². The summed E-state index contributed by atoms with van der Waals surface area (Å²) >= 11 is 0. The molecule has 0 spiro atoms. The van der Waals surface area contributed by atoms with Crippen molar-refractivity contribution in [3.05, 3.63) is 29.8 Å². The van der Waals surface area contributed by atoms with Crippen molar-refractivity contribution in [2.24, 2.45) is 0 Å². The van der Waals surface area contributed by atoms with Gasteiger partial charge in [-0.05, 0) is 24.6 Å². The van der Waals surface area contributed by atoms with Crippen LogP contribution >= 0.6 is 0 Å². The van der Waals surface area contributed by atoms with Gasteiger partial charge in [0, 0.05) is 12.5 Å². The van der Waals surface area contributed by atoms with Crippen LogP contribution in [0, 0.1) is 24.0 Å². The highest BCUT2D eigenvalue weighted by molar-refractivity contribution is 7.89. The lowest BCUT2D eigenvalue weighted by atomic mass is 10.2. The van der Waals surface area contributed by atoms with Gasteiger partial charge in [-0.15, -0.1) is 12.3 Å². The molecule has 0 saturated carbocycles. The summed E-state index contributed by atoms with van der Waals surface area (Å²) in [6.07, 6.45) is 5.74. The van der Waals surface area contributed by atoms with Crippen molar-refractivity contribution in [2.75, 3.05) is 0 Å². The van der Waals surface area contributed by atoms with E-state index in [-0.39, 0.29) is 6.42 Å². The average Bonchev–Trinajstić information content (AvgIpc) is 2.31. The molecule has 0 radical (unpaired) electrons. The lowest BCUT2D eigenvalue weighted by Crippen LogP contribution is -2.34. The molecule has 3 nitrogen and oxygen atoms in total. The summed E-state index contributed by atoms with van der Waals surface area (Å²) in [6, 6.07) is 1.77. The Morgan fingerprint density at radius 1 is 1.44 bits per heavy atom. The number of halogens is 2. The first-order valence-corrected chi connectivity index (χ1v) is 6.80.